The third-order valence-corrected chi connectivity index (χ3v) is 8.50. The summed E-state index contributed by atoms with van der Waals surface area (Å²) in [4.78, 5) is 14.4. The van der Waals surface area contributed by atoms with Gasteiger partial charge in [0.15, 0.2) is 0 Å². The third-order valence-electron chi connectivity index (χ3n) is 6.49. The van der Waals surface area contributed by atoms with E-state index in [9.17, 15) is 13.2 Å². The number of piperidine rings is 2. The van der Waals surface area contributed by atoms with E-state index in [1.807, 2.05) is 6.92 Å². The highest BCUT2D eigenvalue weighted by atomic mass is 32.2. The molecule has 29 heavy (non-hydrogen) atoms. The molecule has 3 rings (SSSR count). The number of sulfonamides is 1. The first-order valence-electron chi connectivity index (χ1n) is 11.1. The number of nitrogens with zero attached hydrogens (tertiary/aromatic N) is 1. The third kappa shape index (κ3) is 5.58. The van der Waals surface area contributed by atoms with Gasteiger partial charge < -0.3 is 10.2 Å². The van der Waals surface area contributed by atoms with Gasteiger partial charge in [0.05, 0.1) is 24.0 Å². The molecule has 2 N–H and O–H groups in total. The average molecular weight is 423 g/mol. The number of quaternary nitrogens is 1. The van der Waals surface area contributed by atoms with Crippen LogP contribution in [0, 0.1) is 0 Å². The van der Waals surface area contributed by atoms with Crippen LogP contribution < -0.4 is 10.2 Å². The summed E-state index contributed by atoms with van der Waals surface area (Å²) in [7, 11) is -3.56. The minimum absolute atomic E-state index is 0.00547. The van der Waals surface area contributed by atoms with Crippen molar-refractivity contribution < 1.29 is 18.1 Å². The lowest BCUT2D eigenvalue weighted by Crippen LogP contribution is -3.16. The van der Waals surface area contributed by atoms with Gasteiger partial charge in [0.25, 0.3) is 5.91 Å². The van der Waals surface area contributed by atoms with Crippen LogP contribution in [-0.2, 0) is 10.0 Å². The van der Waals surface area contributed by atoms with E-state index in [0.717, 1.165) is 32.2 Å². The van der Waals surface area contributed by atoms with Crippen LogP contribution in [0.5, 0.6) is 0 Å². The molecule has 3 atom stereocenters. The van der Waals surface area contributed by atoms with E-state index in [2.05, 4.69) is 12.2 Å². The SMILES string of the molecule is C[C@H]1CCCCN1S(=O)(=O)c1cccc(C(=O)NCCC[NH+]2CCCC[C@@H]2C)c1. The Morgan fingerprint density at radius 1 is 1.17 bits per heavy atom. The summed E-state index contributed by atoms with van der Waals surface area (Å²) in [6.45, 7) is 7.74. The van der Waals surface area contributed by atoms with Crippen molar-refractivity contribution in [2.75, 3.05) is 26.2 Å². The Kier molecular flexibility index (Phi) is 7.71. The number of nitrogens with one attached hydrogen (secondary N) is 2. The van der Waals surface area contributed by atoms with Gasteiger partial charge in [0.2, 0.25) is 10.0 Å². The van der Waals surface area contributed by atoms with Crippen LogP contribution >= 0.6 is 0 Å². The molecule has 2 saturated heterocycles. The molecular weight excluding hydrogens is 386 g/mol. The number of benzene rings is 1. The maximum atomic E-state index is 13.0. The molecule has 1 amide bonds. The Bertz CT molecular complexity index is 796. The molecule has 0 aliphatic carbocycles. The van der Waals surface area contributed by atoms with E-state index in [0.29, 0.717) is 24.7 Å². The van der Waals surface area contributed by atoms with Gasteiger partial charge in [-0.15, -0.1) is 0 Å². The second-order valence-corrected chi connectivity index (χ2v) is 10.5. The summed E-state index contributed by atoms with van der Waals surface area (Å²) in [6, 6.07) is 7.17. The number of hydrogen-bond acceptors (Lipinski definition) is 3. The molecule has 0 aromatic heterocycles. The lowest BCUT2D eigenvalue weighted by Gasteiger charge is -2.32. The lowest BCUT2D eigenvalue weighted by atomic mass is 10.0. The van der Waals surface area contributed by atoms with Crippen molar-refractivity contribution in [2.24, 2.45) is 0 Å². The van der Waals surface area contributed by atoms with Gasteiger partial charge in [-0.25, -0.2) is 8.42 Å². The zero-order valence-electron chi connectivity index (χ0n) is 17.8. The van der Waals surface area contributed by atoms with E-state index < -0.39 is 10.0 Å². The first kappa shape index (κ1) is 22.2. The zero-order valence-corrected chi connectivity index (χ0v) is 18.6. The lowest BCUT2D eigenvalue weighted by molar-refractivity contribution is -0.928. The Labute approximate surface area is 175 Å². The zero-order chi connectivity index (χ0) is 20.9. The van der Waals surface area contributed by atoms with Crippen LogP contribution in [0.4, 0.5) is 0 Å². The molecule has 0 bridgehead atoms. The van der Waals surface area contributed by atoms with Crippen molar-refractivity contribution in [3.05, 3.63) is 29.8 Å². The highest BCUT2D eigenvalue weighted by Gasteiger charge is 2.31. The normalized spacial score (nSPS) is 26.2. The predicted octanol–water partition coefficient (Wildman–Crippen LogP) is 1.83. The Morgan fingerprint density at radius 3 is 2.72 bits per heavy atom. The van der Waals surface area contributed by atoms with E-state index in [1.165, 1.54) is 31.9 Å². The minimum Gasteiger partial charge on any atom is -0.352 e. The van der Waals surface area contributed by atoms with Crippen LogP contribution in [0.15, 0.2) is 29.2 Å². The Hall–Kier alpha value is -1.44. The van der Waals surface area contributed by atoms with Crippen molar-refractivity contribution in [2.45, 2.75) is 75.8 Å². The highest BCUT2D eigenvalue weighted by molar-refractivity contribution is 7.89. The van der Waals surface area contributed by atoms with Crippen molar-refractivity contribution >= 4 is 15.9 Å². The van der Waals surface area contributed by atoms with Gasteiger partial charge in [-0.1, -0.05) is 12.5 Å². The molecule has 0 saturated carbocycles. The van der Waals surface area contributed by atoms with Gasteiger partial charge in [-0.05, 0) is 64.2 Å². The fourth-order valence-corrected chi connectivity index (χ4v) is 6.35. The molecule has 1 unspecified atom stereocenters. The fourth-order valence-electron chi connectivity index (χ4n) is 4.61. The monoisotopic (exact) mass is 422 g/mol. The molecule has 2 fully saturated rings. The Morgan fingerprint density at radius 2 is 1.97 bits per heavy atom. The van der Waals surface area contributed by atoms with Gasteiger partial charge in [-0.2, -0.15) is 4.31 Å². The maximum absolute atomic E-state index is 13.0. The average Bonchev–Trinajstić information content (AvgIpc) is 2.72. The van der Waals surface area contributed by atoms with Gasteiger partial charge >= 0.3 is 0 Å². The topological polar surface area (TPSA) is 70.9 Å². The molecule has 162 valence electrons. The first-order valence-corrected chi connectivity index (χ1v) is 12.6. The molecule has 0 radical (unpaired) electrons. The predicted molar refractivity (Wildman–Crippen MR) is 115 cm³/mol. The van der Waals surface area contributed by atoms with Gasteiger partial charge in [0.1, 0.15) is 0 Å². The van der Waals surface area contributed by atoms with E-state index in [1.54, 1.807) is 27.4 Å². The smallest absolute Gasteiger partial charge is 0.251 e. The molecule has 2 heterocycles. The summed E-state index contributed by atoms with van der Waals surface area (Å²) >= 11 is 0. The van der Waals surface area contributed by atoms with Crippen LogP contribution in [0.2, 0.25) is 0 Å². The van der Waals surface area contributed by atoms with Crippen molar-refractivity contribution in [1.82, 2.24) is 9.62 Å². The fraction of sp³-hybridized carbons (Fsp3) is 0.682. The van der Waals surface area contributed by atoms with Crippen LogP contribution in [0.25, 0.3) is 0 Å². The molecule has 7 heteroatoms. The standard InChI is InChI=1S/C22H35N3O3S/c1-18-9-3-5-14-24(18)15-8-13-23-22(26)20-11-7-12-21(17-20)29(27,28)25-16-6-4-10-19(25)2/h7,11-12,17-19H,3-6,8-10,13-16H2,1-2H3,(H,23,26)/p+1/t18-,19-/m0/s1. The minimum atomic E-state index is -3.56. The van der Waals surface area contributed by atoms with Crippen molar-refractivity contribution in [3.63, 3.8) is 0 Å². The molecule has 6 nitrogen and oxygen atoms in total. The number of amides is 1. The summed E-state index contributed by atoms with van der Waals surface area (Å²) < 4.78 is 27.6. The molecule has 1 aromatic carbocycles. The van der Waals surface area contributed by atoms with Crippen molar-refractivity contribution in [1.29, 1.82) is 0 Å². The molecule has 1 aromatic rings. The second-order valence-electron chi connectivity index (χ2n) is 8.65. The van der Waals surface area contributed by atoms with Gasteiger partial charge in [0, 0.05) is 31.1 Å². The van der Waals surface area contributed by atoms with E-state index >= 15 is 0 Å². The van der Waals surface area contributed by atoms with E-state index in [4.69, 9.17) is 0 Å². The number of hydrogen-bond donors (Lipinski definition) is 2. The number of rotatable bonds is 7. The Balaban J connectivity index is 1.56. The highest BCUT2D eigenvalue weighted by Crippen LogP contribution is 2.25. The molecule has 2 aliphatic rings. The van der Waals surface area contributed by atoms with Crippen LogP contribution in [0.1, 0.15) is 69.2 Å². The quantitative estimate of drug-likeness (QED) is 0.659. The summed E-state index contributed by atoms with van der Waals surface area (Å²) in [6.07, 6.45) is 7.69. The maximum Gasteiger partial charge on any atom is 0.251 e. The van der Waals surface area contributed by atoms with Crippen LogP contribution in [0.3, 0.4) is 0 Å². The molecule has 2 aliphatic heterocycles. The van der Waals surface area contributed by atoms with Gasteiger partial charge in [-0.3, -0.25) is 4.79 Å². The summed E-state index contributed by atoms with van der Waals surface area (Å²) in [5.41, 5.74) is 0.412. The largest absolute Gasteiger partial charge is 0.352 e. The molecule has 0 spiro atoms. The summed E-state index contributed by atoms with van der Waals surface area (Å²) in [5.74, 6) is -0.199. The van der Waals surface area contributed by atoms with E-state index in [-0.39, 0.29) is 16.8 Å². The number of carbonyl (C=O) groups is 1. The second kappa shape index (κ2) is 10.0. The van der Waals surface area contributed by atoms with Crippen LogP contribution in [-0.4, -0.2) is 56.9 Å². The van der Waals surface area contributed by atoms with Crippen molar-refractivity contribution in [3.8, 4) is 0 Å². The number of likely N-dealkylation sites (tertiary alicyclic amines) is 1. The summed E-state index contributed by atoms with van der Waals surface area (Å²) in [5, 5.41) is 2.96. The first-order chi connectivity index (χ1) is 13.9. The number of carbonyl (C=O) groups excluding carboxylic acids is 1. The molecular formula is C22H36N3O3S+.